The highest BCUT2D eigenvalue weighted by Gasteiger charge is 2.36. The lowest BCUT2D eigenvalue weighted by Crippen LogP contribution is -2.28. The Balaban J connectivity index is 1.54. The summed E-state index contributed by atoms with van der Waals surface area (Å²) in [4.78, 5) is 49.6. The topological polar surface area (TPSA) is 102 Å². The van der Waals surface area contributed by atoms with Gasteiger partial charge >= 0.3 is 11.9 Å². The molecular weight excluding hydrogens is 412 g/mol. The first-order valence-electron chi connectivity index (χ1n) is 9.09. The van der Waals surface area contributed by atoms with Gasteiger partial charge in [-0.25, -0.2) is 4.79 Å². The molecule has 8 nitrogen and oxygen atoms in total. The predicted octanol–water partition coefficient (Wildman–Crippen LogP) is 2.66. The van der Waals surface area contributed by atoms with E-state index in [2.05, 4.69) is 10.1 Å². The number of rotatable bonds is 6. The summed E-state index contributed by atoms with van der Waals surface area (Å²) < 4.78 is 9.70. The Labute approximate surface area is 177 Å². The smallest absolute Gasteiger partial charge is 0.337 e. The summed E-state index contributed by atoms with van der Waals surface area (Å²) in [5.41, 5.74) is 1.32. The van der Waals surface area contributed by atoms with Crippen LogP contribution in [0.15, 0.2) is 48.5 Å². The Morgan fingerprint density at radius 3 is 2.50 bits per heavy atom. The van der Waals surface area contributed by atoms with Crippen molar-refractivity contribution in [1.29, 1.82) is 0 Å². The third-order valence-corrected chi connectivity index (χ3v) is 4.88. The summed E-state index contributed by atoms with van der Waals surface area (Å²) in [6, 6.07) is 13.0. The maximum atomic E-state index is 12.3. The van der Waals surface area contributed by atoms with E-state index < -0.39 is 30.4 Å². The molecule has 0 saturated carbocycles. The monoisotopic (exact) mass is 430 g/mol. The molecule has 1 aliphatic heterocycles. The van der Waals surface area contributed by atoms with Crippen LogP contribution in [-0.2, 0) is 23.9 Å². The molecule has 2 aromatic rings. The van der Waals surface area contributed by atoms with Gasteiger partial charge in [0.05, 0.1) is 29.3 Å². The standard InChI is InChI=1S/C21H19ClN2O6/c1-29-20(27)13-6-8-15(9-7-13)24-11-14(10-19(24)26)21(28)30-12-18(25)23-17-5-3-2-4-16(17)22/h2-9,14H,10-12H2,1H3,(H,23,25)/t14-/m1/s1. The van der Waals surface area contributed by atoms with Crippen LogP contribution in [0.25, 0.3) is 0 Å². The molecule has 1 fully saturated rings. The summed E-state index contributed by atoms with van der Waals surface area (Å²) in [5.74, 6) is -2.58. The zero-order chi connectivity index (χ0) is 21.7. The van der Waals surface area contributed by atoms with Gasteiger partial charge in [0.2, 0.25) is 5.91 Å². The number of amides is 2. The number of anilines is 2. The first-order valence-corrected chi connectivity index (χ1v) is 9.46. The SMILES string of the molecule is COC(=O)c1ccc(N2C[C@H](C(=O)OCC(=O)Nc3ccccc3Cl)CC2=O)cc1. The average molecular weight is 431 g/mol. The first-order chi connectivity index (χ1) is 14.4. The number of nitrogens with one attached hydrogen (secondary N) is 1. The second-order valence-corrected chi connectivity index (χ2v) is 6.99. The van der Waals surface area contributed by atoms with Gasteiger partial charge in [-0.1, -0.05) is 23.7 Å². The number of hydrogen-bond acceptors (Lipinski definition) is 6. The number of carbonyl (C=O) groups excluding carboxylic acids is 4. The molecule has 1 aliphatic rings. The highest BCUT2D eigenvalue weighted by atomic mass is 35.5. The summed E-state index contributed by atoms with van der Waals surface area (Å²) in [6.07, 6.45) is -0.0241. The van der Waals surface area contributed by atoms with E-state index in [1.54, 1.807) is 48.5 Å². The number of methoxy groups -OCH3 is 1. The maximum Gasteiger partial charge on any atom is 0.337 e. The van der Waals surface area contributed by atoms with Gasteiger partial charge in [-0.3, -0.25) is 14.4 Å². The van der Waals surface area contributed by atoms with Crippen molar-refractivity contribution >= 4 is 46.7 Å². The van der Waals surface area contributed by atoms with Crippen LogP contribution in [0.1, 0.15) is 16.8 Å². The van der Waals surface area contributed by atoms with Crippen LogP contribution in [0.3, 0.4) is 0 Å². The van der Waals surface area contributed by atoms with Crippen molar-refractivity contribution in [2.24, 2.45) is 5.92 Å². The van der Waals surface area contributed by atoms with Crippen molar-refractivity contribution in [3.63, 3.8) is 0 Å². The Hall–Kier alpha value is -3.39. The first kappa shape index (κ1) is 21.3. The van der Waals surface area contributed by atoms with Crippen LogP contribution in [0, 0.1) is 5.92 Å². The van der Waals surface area contributed by atoms with Crippen LogP contribution in [0.4, 0.5) is 11.4 Å². The van der Waals surface area contributed by atoms with Crippen molar-refractivity contribution in [2.75, 3.05) is 30.5 Å². The number of benzene rings is 2. The van der Waals surface area contributed by atoms with E-state index in [1.165, 1.54) is 12.0 Å². The number of esters is 2. The molecule has 156 valence electrons. The van der Waals surface area contributed by atoms with Gasteiger partial charge in [-0.2, -0.15) is 0 Å². The van der Waals surface area contributed by atoms with E-state index >= 15 is 0 Å². The van der Waals surface area contributed by atoms with Gasteiger partial charge in [0.25, 0.3) is 5.91 Å². The average Bonchev–Trinajstić information content (AvgIpc) is 3.15. The second-order valence-electron chi connectivity index (χ2n) is 6.58. The molecule has 1 N–H and O–H groups in total. The van der Waals surface area contributed by atoms with Gasteiger partial charge in [-0.05, 0) is 36.4 Å². The number of ether oxygens (including phenoxy) is 2. The van der Waals surface area contributed by atoms with Gasteiger partial charge in [0.1, 0.15) is 0 Å². The molecule has 0 aromatic heterocycles. The summed E-state index contributed by atoms with van der Waals surface area (Å²) >= 11 is 5.97. The predicted molar refractivity (Wildman–Crippen MR) is 109 cm³/mol. The molecule has 0 bridgehead atoms. The van der Waals surface area contributed by atoms with Crippen molar-refractivity contribution in [3.05, 3.63) is 59.1 Å². The highest BCUT2D eigenvalue weighted by Crippen LogP contribution is 2.26. The number of halogens is 1. The lowest BCUT2D eigenvalue weighted by molar-refractivity contribution is -0.151. The minimum absolute atomic E-state index is 0.0241. The molecule has 1 heterocycles. The highest BCUT2D eigenvalue weighted by molar-refractivity contribution is 6.33. The van der Waals surface area contributed by atoms with Gasteiger partial charge in [0.15, 0.2) is 6.61 Å². The number of nitrogens with zero attached hydrogens (tertiary/aromatic N) is 1. The van der Waals surface area contributed by atoms with Crippen LogP contribution in [0.2, 0.25) is 5.02 Å². The van der Waals surface area contributed by atoms with E-state index in [-0.39, 0.29) is 18.9 Å². The zero-order valence-corrected chi connectivity index (χ0v) is 16.8. The van der Waals surface area contributed by atoms with Crippen molar-refractivity contribution in [2.45, 2.75) is 6.42 Å². The Morgan fingerprint density at radius 2 is 1.83 bits per heavy atom. The van der Waals surface area contributed by atoms with Crippen LogP contribution in [-0.4, -0.2) is 44.0 Å². The van der Waals surface area contributed by atoms with Crippen molar-refractivity contribution < 1.29 is 28.7 Å². The molecular formula is C21H19ClN2O6. The fraction of sp³-hybridized carbons (Fsp3) is 0.238. The van der Waals surface area contributed by atoms with Gasteiger partial charge < -0.3 is 19.7 Å². The molecule has 30 heavy (non-hydrogen) atoms. The van der Waals surface area contributed by atoms with Crippen molar-refractivity contribution in [1.82, 2.24) is 0 Å². The van der Waals surface area contributed by atoms with E-state index in [9.17, 15) is 19.2 Å². The molecule has 0 unspecified atom stereocenters. The summed E-state index contributed by atoms with van der Waals surface area (Å²) in [6.45, 7) is -0.357. The second kappa shape index (κ2) is 9.41. The third kappa shape index (κ3) is 4.96. The molecule has 0 spiro atoms. The minimum Gasteiger partial charge on any atom is -0.465 e. The number of hydrogen-bond donors (Lipinski definition) is 1. The third-order valence-electron chi connectivity index (χ3n) is 4.55. The van der Waals surface area contributed by atoms with Crippen molar-refractivity contribution in [3.8, 4) is 0 Å². The lowest BCUT2D eigenvalue weighted by atomic mass is 10.1. The van der Waals surface area contributed by atoms with Gasteiger partial charge in [-0.15, -0.1) is 0 Å². The van der Waals surface area contributed by atoms with E-state index in [0.717, 1.165) is 0 Å². The lowest BCUT2D eigenvalue weighted by Gasteiger charge is -2.16. The fourth-order valence-electron chi connectivity index (χ4n) is 3.01. The molecule has 3 rings (SSSR count). The Morgan fingerprint density at radius 1 is 1.13 bits per heavy atom. The van der Waals surface area contributed by atoms with E-state index in [0.29, 0.717) is 22.0 Å². The minimum atomic E-state index is -0.689. The molecule has 0 radical (unpaired) electrons. The normalized spacial score (nSPS) is 15.6. The molecule has 2 aromatic carbocycles. The maximum absolute atomic E-state index is 12.3. The largest absolute Gasteiger partial charge is 0.465 e. The van der Waals surface area contributed by atoms with E-state index in [4.69, 9.17) is 16.3 Å². The number of carbonyl (C=O) groups is 4. The molecule has 0 aliphatic carbocycles. The van der Waals surface area contributed by atoms with Crippen LogP contribution >= 0.6 is 11.6 Å². The zero-order valence-electron chi connectivity index (χ0n) is 16.1. The quantitative estimate of drug-likeness (QED) is 0.707. The summed E-state index contributed by atoms with van der Waals surface area (Å²) in [7, 11) is 1.28. The van der Waals surface area contributed by atoms with Gasteiger partial charge in [0, 0.05) is 18.7 Å². The molecule has 1 saturated heterocycles. The Bertz CT molecular complexity index is 976. The molecule has 1 atom stereocenters. The molecule has 2 amide bonds. The molecule has 9 heteroatoms. The van der Waals surface area contributed by atoms with Crippen LogP contribution in [0.5, 0.6) is 0 Å². The van der Waals surface area contributed by atoms with Crippen LogP contribution < -0.4 is 10.2 Å². The Kier molecular flexibility index (Phi) is 6.68. The summed E-state index contributed by atoms with van der Waals surface area (Å²) in [5, 5.41) is 2.92. The fourth-order valence-corrected chi connectivity index (χ4v) is 3.20. The van der Waals surface area contributed by atoms with E-state index in [1.807, 2.05) is 0 Å². The number of para-hydroxylation sites is 1.